The maximum Gasteiger partial charge on any atom is 0.268 e. The molecule has 27 heavy (non-hydrogen) atoms. The molecule has 0 aliphatic carbocycles. The molecule has 0 saturated carbocycles. The molecule has 136 valence electrons. The predicted molar refractivity (Wildman–Crippen MR) is 110 cm³/mol. The molecule has 1 aromatic heterocycles. The van der Waals surface area contributed by atoms with Crippen LogP contribution < -0.4 is 10.2 Å². The number of fused-ring (bicyclic) bond motifs is 1. The van der Waals surface area contributed by atoms with Crippen molar-refractivity contribution in [2.45, 2.75) is 12.8 Å². The fourth-order valence-electron chi connectivity index (χ4n) is 3.22. The van der Waals surface area contributed by atoms with Gasteiger partial charge in [-0.3, -0.25) is 9.59 Å². The van der Waals surface area contributed by atoms with Crippen LogP contribution in [0.25, 0.3) is 0 Å². The number of nitrogens with zero attached hydrogens (tertiary/aromatic N) is 1. The Labute approximate surface area is 166 Å². The van der Waals surface area contributed by atoms with E-state index in [0.29, 0.717) is 11.6 Å². The summed E-state index contributed by atoms with van der Waals surface area (Å²) in [5, 5.41) is 5.49. The Morgan fingerprint density at radius 3 is 2.67 bits per heavy atom. The SMILES string of the molecule is O=C(Cc1ccc(Cl)cc1)Nc1ccc2c(c1)CCN2C(=O)c1cccs1. The van der Waals surface area contributed by atoms with E-state index in [1.807, 2.05) is 47.8 Å². The molecule has 0 unspecified atom stereocenters. The number of hydrogen-bond acceptors (Lipinski definition) is 3. The third-order valence-electron chi connectivity index (χ3n) is 4.51. The fraction of sp³-hybridized carbons (Fsp3) is 0.143. The molecule has 4 rings (SSSR count). The Morgan fingerprint density at radius 2 is 1.93 bits per heavy atom. The number of hydrogen-bond donors (Lipinski definition) is 1. The molecule has 1 N–H and O–H groups in total. The highest BCUT2D eigenvalue weighted by Gasteiger charge is 2.26. The van der Waals surface area contributed by atoms with Crippen molar-refractivity contribution in [1.82, 2.24) is 0 Å². The van der Waals surface area contributed by atoms with Gasteiger partial charge < -0.3 is 10.2 Å². The number of anilines is 2. The van der Waals surface area contributed by atoms with Gasteiger partial charge in [0, 0.05) is 22.9 Å². The van der Waals surface area contributed by atoms with Gasteiger partial charge in [0.25, 0.3) is 5.91 Å². The van der Waals surface area contributed by atoms with Gasteiger partial charge in [0.05, 0.1) is 11.3 Å². The van der Waals surface area contributed by atoms with E-state index in [4.69, 9.17) is 11.6 Å². The Balaban J connectivity index is 1.45. The molecule has 0 atom stereocenters. The fourth-order valence-corrected chi connectivity index (χ4v) is 4.01. The number of thiophene rings is 1. The largest absolute Gasteiger partial charge is 0.326 e. The molecule has 3 aromatic rings. The van der Waals surface area contributed by atoms with E-state index in [0.717, 1.165) is 33.8 Å². The molecular weight excluding hydrogens is 380 g/mol. The van der Waals surface area contributed by atoms with Crippen LogP contribution >= 0.6 is 22.9 Å². The van der Waals surface area contributed by atoms with Crippen molar-refractivity contribution in [2.24, 2.45) is 0 Å². The molecule has 0 saturated heterocycles. The first-order valence-electron chi connectivity index (χ1n) is 8.63. The summed E-state index contributed by atoms with van der Waals surface area (Å²) in [6.07, 6.45) is 1.07. The van der Waals surface area contributed by atoms with Gasteiger partial charge in [-0.2, -0.15) is 0 Å². The van der Waals surface area contributed by atoms with E-state index in [-0.39, 0.29) is 18.2 Å². The van der Waals surface area contributed by atoms with Gasteiger partial charge in [-0.15, -0.1) is 11.3 Å². The average molecular weight is 397 g/mol. The monoisotopic (exact) mass is 396 g/mol. The second kappa shape index (κ2) is 7.55. The molecule has 0 bridgehead atoms. The Bertz CT molecular complexity index is 984. The van der Waals surface area contributed by atoms with Crippen molar-refractivity contribution in [3.8, 4) is 0 Å². The lowest BCUT2D eigenvalue weighted by molar-refractivity contribution is -0.115. The van der Waals surface area contributed by atoms with Crippen molar-refractivity contribution in [1.29, 1.82) is 0 Å². The number of nitrogens with one attached hydrogen (secondary N) is 1. The third-order valence-corrected chi connectivity index (χ3v) is 5.62. The standard InChI is InChI=1S/C21H17ClN2O2S/c22-16-5-3-14(4-6-16)12-20(25)23-17-7-8-18-15(13-17)9-10-24(18)21(26)19-2-1-11-27-19/h1-8,11,13H,9-10,12H2,(H,23,25). The topological polar surface area (TPSA) is 49.4 Å². The molecule has 4 nitrogen and oxygen atoms in total. The Morgan fingerprint density at radius 1 is 1.11 bits per heavy atom. The average Bonchev–Trinajstić information content (AvgIpc) is 3.32. The minimum Gasteiger partial charge on any atom is -0.326 e. The van der Waals surface area contributed by atoms with Gasteiger partial charge in [-0.05, 0) is 59.3 Å². The third kappa shape index (κ3) is 3.89. The van der Waals surface area contributed by atoms with E-state index < -0.39 is 0 Å². The van der Waals surface area contributed by atoms with E-state index in [1.165, 1.54) is 11.3 Å². The van der Waals surface area contributed by atoms with E-state index >= 15 is 0 Å². The zero-order chi connectivity index (χ0) is 18.8. The maximum absolute atomic E-state index is 12.6. The first kappa shape index (κ1) is 17.8. The lowest BCUT2D eigenvalue weighted by atomic mass is 10.1. The summed E-state index contributed by atoms with van der Waals surface area (Å²) in [5.41, 5.74) is 3.65. The van der Waals surface area contributed by atoms with Crippen molar-refractivity contribution in [3.05, 3.63) is 81.0 Å². The second-order valence-corrected chi connectivity index (χ2v) is 7.76. The number of amides is 2. The van der Waals surface area contributed by atoms with Crippen molar-refractivity contribution in [2.75, 3.05) is 16.8 Å². The van der Waals surface area contributed by atoms with Crippen LogP contribution in [0.3, 0.4) is 0 Å². The van der Waals surface area contributed by atoms with Crippen molar-refractivity contribution < 1.29 is 9.59 Å². The van der Waals surface area contributed by atoms with Crippen LogP contribution in [0.1, 0.15) is 20.8 Å². The Kier molecular flexibility index (Phi) is 4.97. The lowest BCUT2D eigenvalue weighted by Gasteiger charge is -2.16. The van der Waals surface area contributed by atoms with Crippen LogP contribution in [0.15, 0.2) is 60.0 Å². The summed E-state index contributed by atoms with van der Waals surface area (Å²) in [5.74, 6) is -0.0509. The second-order valence-electron chi connectivity index (χ2n) is 6.38. The molecule has 2 heterocycles. The van der Waals surface area contributed by atoms with Gasteiger partial charge >= 0.3 is 0 Å². The van der Waals surface area contributed by atoms with Gasteiger partial charge in [-0.1, -0.05) is 29.8 Å². The molecule has 2 amide bonds. The molecule has 0 fully saturated rings. The highest BCUT2D eigenvalue weighted by molar-refractivity contribution is 7.12. The van der Waals surface area contributed by atoms with Crippen LogP contribution in [-0.2, 0) is 17.6 Å². The summed E-state index contributed by atoms with van der Waals surface area (Å²) < 4.78 is 0. The maximum atomic E-state index is 12.6. The van der Waals surface area contributed by atoms with Crippen LogP contribution in [-0.4, -0.2) is 18.4 Å². The first-order valence-corrected chi connectivity index (χ1v) is 9.88. The van der Waals surface area contributed by atoms with Crippen LogP contribution in [0.5, 0.6) is 0 Å². The predicted octanol–water partition coefficient (Wildman–Crippen LogP) is 4.79. The zero-order valence-electron chi connectivity index (χ0n) is 14.4. The molecular formula is C21H17ClN2O2S. The number of carbonyl (C=O) groups is 2. The zero-order valence-corrected chi connectivity index (χ0v) is 16.0. The molecule has 1 aliphatic rings. The smallest absolute Gasteiger partial charge is 0.268 e. The molecule has 0 spiro atoms. The first-order chi connectivity index (χ1) is 13.1. The highest BCUT2D eigenvalue weighted by Crippen LogP contribution is 2.32. The van der Waals surface area contributed by atoms with Gasteiger partial charge in [0.2, 0.25) is 5.91 Å². The number of carbonyl (C=O) groups excluding carboxylic acids is 2. The number of halogens is 1. The lowest BCUT2D eigenvalue weighted by Crippen LogP contribution is -2.28. The molecule has 6 heteroatoms. The summed E-state index contributed by atoms with van der Waals surface area (Å²) in [6, 6.07) is 16.7. The summed E-state index contributed by atoms with van der Waals surface area (Å²) in [7, 11) is 0. The quantitative estimate of drug-likeness (QED) is 0.689. The van der Waals surface area contributed by atoms with Crippen molar-refractivity contribution >= 4 is 46.1 Å². The normalized spacial score (nSPS) is 12.7. The van der Waals surface area contributed by atoms with Crippen LogP contribution in [0, 0.1) is 0 Å². The molecule has 1 aliphatic heterocycles. The summed E-state index contributed by atoms with van der Waals surface area (Å²) in [4.78, 5) is 27.5. The van der Waals surface area contributed by atoms with E-state index in [1.54, 1.807) is 17.0 Å². The summed E-state index contributed by atoms with van der Waals surface area (Å²) in [6.45, 7) is 0.661. The van der Waals surface area contributed by atoms with Gasteiger partial charge in [-0.25, -0.2) is 0 Å². The molecule has 0 radical (unpaired) electrons. The minimum atomic E-state index is -0.0817. The van der Waals surface area contributed by atoms with Crippen LogP contribution in [0.2, 0.25) is 5.02 Å². The highest BCUT2D eigenvalue weighted by atomic mass is 35.5. The van der Waals surface area contributed by atoms with Crippen LogP contribution in [0.4, 0.5) is 11.4 Å². The van der Waals surface area contributed by atoms with Gasteiger partial charge in [0.1, 0.15) is 0 Å². The molecule has 2 aromatic carbocycles. The number of benzene rings is 2. The number of rotatable bonds is 4. The minimum absolute atomic E-state index is 0.0308. The summed E-state index contributed by atoms with van der Waals surface area (Å²) >= 11 is 7.32. The van der Waals surface area contributed by atoms with E-state index in [9.17, 15) is 9.59 Å². The van der Waals surface area contributed by atoms with Crippen molar-refractivity contribution in [3.63, 3.8) is 0 Å². The van der Waals surface area contributed by atoms with Gasteiger partial charge in [0.15, 0.2) is 0 Å². The van der Waals surface area contributed by atoms with E-state index in [2.05, 4.69) is 5.32 Å². The Hall–Kier alpha value is -2.63.